The minimum Gasteiger partial charge on any atom is -0.396 e. The lowest BCUT2D eigenvalue weighted by Gasteiger charge is -2.02. The van der Waals surface area contributed by atoms with Crippen LogP contribution in [0.5, 0.6) is 0 Å². The molecule has 1 heterocycles. The summed E-state index contributed by atoms with van der Waals surface area (Å²) in [5.41, 5.74) is 0.640. The van der Waals surface area contributed by atoms with Gasteiger partial charge in [0.1, 0.15) is 7.05 Å². The maximum Gasteiger partial charge on any atom is 0.251 e. The number of hydrogen-bond donors (Lipinski definition) is 2. The number of rotatable bonds is 4. The summed E-state index contributed by atoms with van der Waals surface area (Å²) in [5, 5.41) is 11.2. The Hall–Kier alpha value is -1.42. The Morgan fingerprint density at radius 3 is 2.71 bits per heavy atom. The van der Waals surface area contributed by atoms with Gasteiger partial charge in [0.2, 0.25) is 0 Å². The van der Waals surface area contributed by atoms with Gasteiger partial charge in [-0.3, -0.25) is 4.79 Å². The molecule has 0 aliphatic heterocycles. The highest BCUT2D eigenvalue weighted by atomic mass is 16.3. The van der Waals surface area contributed by atoms with Crippen LogP contribution in [0.3, 0.4) is 0 Å². The van der Waals surface area contributed by atoms with E-state index in [2.05, 4.69) is 5.32 Å². The molecular formula is C10H15N2O2+. The van der Waals surface area contributed by atoms with Crippen LogP contribution in [-0.4, -0.2) is 24.2 Å². The quantitative estimate of drug-likeness (QED) is 0.508. The maximum absolute atomic E-state index is 11.4. The van der Waals surface area contributed by atoms with Crippen LogP contribution in [0.25, 0.3) is 0 Å². The highest BCUT2D eigenvalue weighted by Crippen LogP contribution is 1.94. The van der Waals surface area contributed by atoms with E-state index < -0.39 is 0 Å². The lowest BCUT2D eigenvalue weighted by Crippen LogP contribution is -2.29. The summed E-state index contributed by atoms with van der Waals surface area (Å²) >= 11 is 0. The molecular weight excluding hydrogens is 180 g/mol. The van der Waals surface area contributed by atoms with Crippen molar-refractivity contribution in [2.75, 3.05) is 13.2 Å². The van der Waals surface area contributed by atoms with E-state index in [1.807, 2.05) is 24.0 Å². The van der Waals surface area contributed by atoms with Gasteiger partial charge in [-0.05, 0) is 6.42 Å². The summed E-state index contributed by atoms with van der Waals surface area (Å²) in [5.74, 6) is -0.0981. The molecule has 4 nitrogen and oxygen atoms in total. The van der Waals surface area contributed by atoms with Crippen molar-refractivity contribution in [3.63, 3.8) is 0 Å². The second kappa shape index (κ2) is 5.34. The average molecular weight is 195 g/mol. The Bertz CT molecular complexity index is 295. The van der Waals surface area contributed by atoms with Crippen LogP contribution in [0.4, 0.5) is 0 Å². The summed E-state index contributed by atoms with van der Waals surface area (Å²) in [6, 6.07) is 3.52. The molecule has 0 atom stereocenters. The Morgan fingerprint density at radius 2 is 2.14 bits per heavy atom. The first-order valence-corrected chi connectivity index (χ1v) is 4.58. The van der Waals surface area contributed by atoms with Gasteiger partial charge < -0.3 is 10.4 Å². The van der Waals surface area contributed by atoms with Gasteiger partial charge in [-0.1, -0.05) is 0 Å². The smallest absolute Gasteiger partial charge is 0.251 e. The summed E-state index contributed by atoms with van der Waals surface area (Å²) in [6.45, 7) is 0.611. The van der Waals surface area contributed by atoms with E-state index in [1.165, 1.54) is 0 Å². The van der Waals surface area contributed by atoms with Crippen LogP contribution in [0.1, 0.15) is 16.8 Å². The van der Waals surface area contributed by atoms with Crippen molar-refractivity contribution in [3.05, 3.63) is 30.1 Å². The molecule has 0 saturated heterocycles. The minimum absolute atomic E-state index is 0.0981. The number of aromatic nitrogens is 1. The number of aliphatic hydroxyl groups is 1. The van der Waals surface area contributed by atoms with Crippen LogP contribution in [-0.2, 0) is 7.05 Å². The molecule has 1 rings (SSSR count). The second-order valence-corrected chi connectivity index (χ2v) is 3.09. The van der Waals surface area contributed by atoms with Crippen molar-refractivity contribution in [1.82, 2.24) is 5.32 Å². The Kier molecular flexibility index (Phi) is 4.07. The highest BCUT2D eigenvalue weighted by molar-refractivity contribution is 5.93. The number of aryl methyl sites for hydroxylation is 1. The van der Waals surface area contributed by atoms with Crippen LogP contribution in [0.15, 0.2) is 24.5 Å². The topological polar surface area (TPSA) is 53.2 Å². The molecule has 0 fully saturated rings. The molecule has 76 valence electrons. The molecule has 0 aromatic carbocycles. The van der Waals surface area contributed by atoms with E-state index in [9.17, 15) is 4.79 Å². The molecule has 1 aromatic rings. The number of aliphatic hydroxyl groups excluding tert-OH is 1. The van der Waals surface area contributed by atoms with Gasteiger partial charge in [-0.25, -0.2) is 4.57 Å². The second-order valence-electron chi connectivity index (χ2n) is 3.09. The van der Waals surface area contributed by atoms with Gasteiger partial charge in [-0.2, -0.15) is 0 Å². The zero-order valence-electron chi connectivity index (χ0n) is 8.23. The van der Waals surface area contributed by atoms with Gasteiger partial charge in [0.25, 0.3) is 5.91 Å². The highest BCUT2D eigenvalue weighted by Gasteiger charge is 2.05. The third-order valence-corrected chi connectivity index (χ3v) is 1.86. The number of nitrogens with one attached hydrogen (secondary N) is 1. The fourth-order valence-corrected chi connectivity index (χ4v) is 1.04. The van der Waals surface area contributed by atoms with Gasteiger partial charge >= 0.3 is 0 Å². The Labute approximate surface area is 83.2 Å². The van der Waals surface area contributed by atoms with Gasteiger partial charge in [0, 0.05) is 25.3 Å². The lowest BCUT2D eigenvalue weighted by atomic mass is 10.2. The number of pyridine rings is 1. The van der Waals surface area contributed by atoms with Crippen molar-refractivity contribution in [3.8, 4) is 0 Å². The van der Waals surface area contributed by atoms with Gasteiger partial charge in [0.15, 0.2) is 12.4 Å². The molecule has 4 heteroatoms. The van der Waals surface area contributed by atoms with E-state index in [4.69, 9.17) is 5.11 Å². The van der Waals surface area contributed by atoms with Gasteiger partial charge in [0.05, 0.1) is 5.56 Å². The molecule has 0 radical (unpaired) electrons. The average Bonchev–Trinajstić information content (AvgIpc) is 2.19. The Morgan fingerprint density at radius 1 is 1.50 bits per heavy atom. The van der Waals surface area contributed by atoms with Crippen molar-refractivity contribution < 1.29 is 14.5 Å². The fourth-order valence-electron chi connectivity index (χ4n) is 1.04. The number of carbonyl (C=O) groups excluding carboxylic acids is 1. The molecule has 0 bridgehead atoms. The predicted octanol–water partition coefficient (Wildman–Crippen LogP) is -0.377. The first-order chi connectivity index (χ1) is 6.74. The van der Waals surface area contributed by atoms with E-state index in [0.29, 0.717) is 18.5 Å². The number of carbonyl (C=O) groups is 1. The normalized spacial score (nSPS) is 9.86. The summed E-state index contributed by atoms with van der Waals surface area (Å²) < 4.78 is 1.87. The predicted molar refractivity (Wildman–Crippen MR) is 51.7 cm³/mol. The summed E-state index contributed by atoms with van der Waals surface area (Å²) in [7, 11) is 1.90. The Balaban J connectivity index is 2.48. The first-order valence-electron chi connectivity index (χ1n) is 4.58. The largest absolute Gasteiger partial charge is 0.396 e. The van der Waals surface area contributed by atoms with Crippen molar-refractivity contribution in [1.29, 1.82) is 0 Å². The standard InChI is InChI=1S/C10H14N2O2/c1-12-6-3-9(4-7-12)10(14)11-5-2-8-13/h3-4,6-7,13H,2,5,8H2,1H3/p+1. The molecule has 2 N–H and O–H groups in total. The lowest BCUT2D eigenvalue weighted by molar-refractivity contribution is -0.671. The van der Waals surface area contributed by atoms with E-state index in [-0.39, 0.29) is 12.5 Å². The number of amides is 1. The zero-order valence-corrected chi connectivity index (χ0v) is 8.23. The first kappa shape index (κ1) is 10.7. The molecule has 0 unspecified atom stereocenters. The van der Waals surface area contributed by atoms with Crippen LogP contribution >= 0.6 is 0 Å². The van der Waals surface area contributed by atoms with E-state index >= 15 is 0 Å². The number of nitrogens with zero attached hydrogens (tertiary/aromatic N) is 1. The molecule has 0 aliphatic carbocycles. The minimum atomic E-state index is -0.0981. The monoisotopic (exact) mass is 195 g/mol. The van der Waals surface area contributed by atoms with Crippen LogP contribution in [0.2, 0.25) is 0 Å². The molecule has 0 aliphatic rings. The van der Waals surface area contributed by atoms with Crippen molar-refractivity contribution in [2.45, 2.75) is 6.42 Å². The summed E-state index contributed by atoms with van der Waals surface area (Å²) in [6.07, 6.45) is 4.23. The third-order valence-electron chi connectivity index (χ3n) is 1.86. The molecule has 0 spiro atoms. The zero-order chi connectivity index (χ0) is 10.4. The van der Waals surface area contributed by atoms with E-state index in [0.717, 1.165) is 0 Å². The fraction of sp³-hybridized carbons (Fsp3) is 0.400. The van der Waals surface area contributed by atoms with E-state index in [1.54, 1.807) is 12.1 Å². The molecule has 1 amide bonds. The summed E-state index contributed by atoms with van der Waals surface area (Å²) in [4.78, 5) is 11.4. The van der Waals surface area contributed by atoms with Crippen LogP contribution < -0.4 is 9.88 Å². The van der Waals surface area contributed by atoms with Crippen molar-refractivity contribution >= 4 is 5.91 Å². The number of hydrogen-bond acceptors (Lipinski definition) is 2. The van der Waals surface area contributed by atoms with Crippen molar-refractivity contribution in [2.24, 2.45) is 7.05 Å². The van der Waals surface area contributed by atoms with Gasteiger partial charge in [-0.15, -0.1) is 0 Å². The molecule has 0 saturated carbocycles. The van der Waals surface area contributed by atoms with Crippen LogP contribution in [0, 0.1) is 0 Å². The maximum atomic E-state index is 11.4. The molecule has 14 heavy (non-hydrogen) atoms. The molecule has 1 aromatic heterocycles. The SMILES string of the molecule is C[n+]1ccc(C(=O)NCCCO)cc1. The third kappa shape index (κ3) is 3.14.